The van der Waals surface area contributed by atoms with Crippen LogP contribution in [0.4, 0.5) is 0 Å². The molecule has 0 aromatic heterocycles. The van der Waals surface area contributed by atoms with Crippen molar-refractivity contribution in [2.24, 2.45) is 33.8 Å². The Balaban J connectivity index is 2.59. The van der Waals surface area contributed by atoms with Crippen molar-refractivity contribution in [1.82, 2.24) is 4.90 Å². The average Bonchev–Trinajstić information content (AvgIpc) is 2.41. The molecular formula is C13H26N6O3. The van der Waals surface area contributed by atoms with Crippen LogP contribution in [-0.4, -0.2) is 59.1 Å². The van der Waals surface area contributed by atoms with Crippen molar-refractivity contribution in [3.8, 4) is 0 Å². The summed E-state index contributed by atoms with van der Waals surface area (Å²) in [5, 5.41) is 9.25. The summed E-state index contributed by atoms with van der Waals surface area (Å²) >= 11 is 0. The Kier molecular flexibility index (Phi) is 6.12. The predicted molar refractivity (Wildman–Crippen MR) is 82.8 cm³/mol. The molecule has 22 heavy (non-hydrogen) atoms. The number of hydrogen-bond acceptors (Lipinski definition) is 5. The summed E-state index contributed by atoms with van der Waals surface area (Å²) in [4.78, 5) is 28.9. The molecule has 3 atom stereocenters. The van der Waals surface area contributed by atoms with Gasteiger partial charge in [-0.15, -0.1) is 0 Å². The molecule has 9 nitrogen and oxygen atoms in total. The van der Waals surface area contributed by atoms with Crippen LogP contribution in [0.5, 0.6) is 0 Å². The third-order valence-corrected chi connectivity index (χ3v) is 3.74. The van der Waals surface area contributed by atoms with Gasteiger partial charge in [0.05, 0.1) is 6.04 Å². The number of nitrogens with zero attached hydrogens (tertiary/aromatic N) is 2. The number of rotatable bonds is 6. The second-order valence-corrected chi connectivity index (χ2v) is 6.04. The van der Waals surface area contributed by atoms with Gasteiger partial charge in [-0.3, -0.25) is 14.6 Å². The molecule has 0 aliphatic carbocycles. The largest absolute Gasteiger partial charge is 0.480 e. The van der Waals surface area contributed by atoms with Gasteiger partial charge < -0.3 is 32.9 Å². The van der Waals surface area contributed by atoms with Gasteiger partial charge in [0.25, 0.3) is 0 Å². The van der Waals surface area contributed by atoms with Gasteiger partial charge in [-0.25, -0.2) is 0 Å². The summed E-state index contributed by atoms with van der Waals surface area (Å²) in [5.41, 5.74) is 20.8. The maximum absolute atomic E-state index is 12.3. The Morgan fingerprint density at radius 3 is 2.64 bits per heavy atom. The average molecular weight is 314 g/mol. The van der Waals surface area contributed by atoms with Crippen LogP contribution in [0.2, 0.25) is 0 Å². The van der Waals surface area contributed by atoms with Crippen molar-refractivity contribution >= 4 is 17.8 Å². The number of carbonyl (C=O) groups is 2. The number of carboxylic acids is 1. The van der Waals surface area contributed by atoms with Crippen LogP contribution in [-0.2, 0) is 9.59 Å². The molecule has 1 saturated heterocycles. The molecule has 0 aromatic rings. The lowest BCUT2D eigenvalue weighted by molar-refractivity contribution is -0.149. The second-order valence-electron chi connectivity index (χ2n) is 6.04. The summed E-state index contributed by atoms with van der Waals surface area (Å²) < 4.78 is 0. The molecule has 0 spiro atoms. The highest BCUT2D eigenvalue weighted by Crippen LogP contribution is 2.24. The number of hydrogen-bond donors (Lipinski definition) is 5. The minimum atomic E-state index is -1.41. The molecule has 1 aliphatic heterocycles. The molecule has 1 fully saturated rings. The van der Waals surface area contributed by atoms with Gasteiger partial charge in [0.1, 0.15) is 5.54 Å². The van der Waals surface area contributed by atoms with E-state index < -0.39 is 17.6 Å². The maximum Gasteiger partial charge on any atom is 0.325 e. The highest BCUT2D eigenvalue weighted by molar-refractivity contribution is 5.84. The van der Waals surface area contributed by atoms with E-state index in [4.69, 9.17) is 22.9 Å². The standard InChI is InChI=1S/C13H26N6O3/c1-8-5-13(17,11(21)22)7-19(6-8)10(20)9(14)3-2-4-18-12(15)16/h8-9H,2-7,14,17H2,1H3,(H,21,22)(H4,15,16,18)/t8-,9-,13+/m0/s1. The van der Waals surface area contributed by atoms with Crippen LogP contribution in [0.25, 0.3) is 0 Å². The summed E-state index contributed by atoms with van der Waals surface area (Å²) in [6, 6.07) is -0.711. The zero-order valence-corrected chi connectivity index (χ0v) is 12.9. The van der Waals surface area contributed by atoms with Crippen molar-refractivity contribution in [1.29, 1.82) is 0 Å². The van der Waals surface area contributed by atoms with E-state index >= 15 is 0 Å². The van der Waals surface area contributed by atoms with E-state index in [0.29, 0.717) is 32.4 Å². The monoisotopic (exact) mass is 314 g/mol. The Morgan fingerprint density at radius 2 is 2.09 bits per heavy atom. The normalized spacial score (nSPS) is 26.3. The van der Waals surface area contributed by atoms with Crippen LogP contribution in [0.15, 0.2) is 4.99 Å². The van der Waals surface area contributed by atoms with Crippen molar-refractivity contribution in [2.45, 2.75) is 37.8 Å². The summed E-state index contributed by atoms with van der Waals surface area (Å²) in [5.74, 6) is -1.38. The smallest absolute Gasteiger partial charge is 0.325 e. The van der Waals surface area contributed by atoms with E-state index in [1.807, 2.05) is 6.92 Å². The first-order valence-corrected chi connectivity index (χ1v) is 7.27. The quantitative estimate of drug-likeness (QED) is 0.214. The fraction of sp³-hybridized carbons (Fsp3) is 0.769. The molecule has 1 rings (SSSR count). The van der Waals surface area contributed by atoms with Gasteiger partial charge in [0, 0.05) is 19.6 Å². The molecule has 1 amide bonds. The first-order valence-electron chi connectivity index (χ1n) is 7.27. The Bertz CT molecular complexity index is 451. The van der Waals surface area contributed by atoms with Crippen molar-refractivity contribution in [3.63, 3.8) is 0 Å². The lowest BCUT2D eigenvalue weighted by Crippen LogP contribution is -2.63. The van der Waals surface area contributed by atoms with Gasteiger partial charge in [-0.05, 0) is 25.2 Å². The molecule has 9 heteroatoms. The number of amides is 1. The highest BCUT2D eigenvalue weighted by Gasteiger charge is 2.43. The Hall–Kier alpha value is -1.87. The van der Waals surface area contributed by atoms with E-state index in [2.05, 4.69) is 4.99 Å². The van der Waals surface area contributed by atoms with E-state index in [0.717, 1.165) is 0 Å². The van der Waals surface area contributed by atoms with Crippen molar-refractivity contribution < 1.29 is 14.7 Å². The Labute approximate surface area is 129 Å². The maximum atomic E-state index is 12.3. The lowest BCUT2D eigenvalue weighted by atomic mass is 9.84. The molecule has 1 aliphatic rings. The van der Waals surface area contributed by atoms with E-state index in [-0.39, 0.29) is 24.3 Å². The molecule has 0 saturated carbocycles. The fourth-order valence-corrected chi connectivity index (χ4v) is 2.73. The number of aliphatic imine (C=N–C) groups is 1. The van der Waals surface area contributed by atoms with E-state index in [1.165, 1.54) is 4.90 Å². The lowest BCUT2D eigenvalue weighted by Gasteiger charge is -2.41. The van der Waals surface area contributed by atoms with Gasteiger partial charge in [-0.2, -0.15) is 0 Å². The number of guanidine groups is 1. The molecule has 0 aromatic carbocycles. The zero-order chi connectivity index (χ0) is 16.9. The molecule has 0 unspecified atom stereocenters. The van der Waals surface area contributed by atoms with Crippen LogP contribution >= 0.6 is 0 Å². The number of likely N-dealkylation sites (tertiary alicyclic amines) is 1. The molecule has 0 radical (unpaired) electrons. The second kappa shape index (κ2) is 7.41. The summed E-state index contributed by atoms with van der Waals surface area (Å²) in [7, 11) is 0. The molecule has 1 heterocycles. The molecule has 0 bridgehead atoms. The van der Waals surface area contributed by atoms with Crippen LogP contribution in [0.1, 0.15) is 26.2 Å². The summed E-state index contributed by atoms with van der Waals surface area (Å²) in [6.45, 7) is 2.71. The number of carboxylic acid groups (broad SMARTS) is 1. The van der Waals surface area contributed by atoms with Crippen LogP contribution < -0.4 is 22.9 Å². The van der Waals surface area contributed by atoms with E-state index in [9.17, 15) is 14.7 Å². The third kappa shape index (κ3) is 4.85. The molecule has 126 valence electrons. The zero-order valence-electron chi connectivity index (χ0n) is 12.9. The first-order chi connectivity index (χ1) is 10.2. The fourth-order valence-electron chi connectivity index (χ4n) is 2.73. The topological polar surface area (TPSA) is 174 Å². The van der Waals surface area contributed by atoms with Gasteiger partial charge in [0.2, 0.25) is 5.91 Å². The van der Waals surface area contributed by atoms with Crippen molar-refractivity contribution in [2.75, 3.05) is 19.6 Å². The Morgan fingerprint density at radius 1 is 1.45 bits per heavy atom. The number of piperidine rings is 1. The van der Waals surface area contributed by atoms with Gasteiger partial charge in [-0.1, -0.05) is 6.92 Å². The number of nitrogens with two attached hydrogens (primary N) is 4. The molecule has 9 N–H and O–H groups in total. The van der Waals surface area contributed by atoms with E-state index in [1.54, 1.807) is 0 Å². The first kappa shape index (κ1) is 18.2. The van der Waals surface area contributed by atoms with Gasteiger partial charge >= 0.3 is 5.97 Å². The highest BCUT2D eigenvalue weighted by atomic mass is 16.4. The minimum absolute atomic E-state index is 0.000808. The summed E-state index contributed by atoms with van der Waals surface area (Å²) in [6.07, 6.45) is 1.33. The van der Waals surface area contributed by atoms with Crippen LogP contribution in [0, 0.1) is 5.92 Å². The number of carbonyl (C=O) groups excluding carboxylic acids is 1. The van der Waals surface area contributed by atoms with Crippen molar-refractivity contribution in [3.05, 3.63) is 0 Å². The number of aliphatic carboxylic acids is 1. The molecular weight excluding hydrogens is 288 g/mol. The van der Waals surface area contributed by atoms with Gasteiger partial charge in [0.15, 0.2) is 5.96 Å². The predicted octanol–water partition coefficient (Wildman–Crippen LogP) is -1.98. The SMILES string of the molecule is C[C@@H]1CN(C(=O)[C@@H](N)CCCN=C(N)N)C[C@@](N)(C(=O)O)C1. The third-order valence-electron chi connectivity index (χ3n) is 3.74. The minimum Gasteiger partial charge on any atom is -0.480 e. The van der Waals surface area contributed by atoms with Crippen LogP contribution in [0.3, 0.4) is 0 Å².